The molecule has 2 heterocycles. The molecule has 19 heavy (non-hydrogen) atoms. The molecule has 1 N–H and O–H groups in total. The average Bonchev–Trinajstić information content (AvgIpc) is 3.16. The van der Waals surface area contributed by atoms with Crippen molar-refractivity contribution in [3.8, 4) is 0 Å². The Kier molecular flexibility index (Phi) is 2.56. The summed E-state index contributed by atoms with van der Waals surface area (Å²) in [6.07, 6.45) is 12.1. The highest BCUT2D eigenvalue weighted by atomic mass is 15.2. The van der Waals surface area contributed by atoms with Gasteiger partial charge in [-0.1, -0.05) is 6.42 Å². The van der Waals surface area contributed by atoms with E-state index in [4.69, 9.17) is 0 Å². The smallest absolute Gasteiger partial charge is 0.0250 e. The van der Waals surface area contributed by atoms with Crippen molar-refractivity contribution in [2.75, 3.05) is 13.1 Å². The average molecular weight is 260 g/mol. The molecule has 0 spiro atoms. The van der Waals surface area contributed by atoms with E-state index in [0.717, 1.165) is 41.8 Å². The van der Waals surface area contributed by atoms with Crippen molar-refractivity contribution in [2.24, 2.45) is 23.7 Å². The molecule has 2 aliphatic heterocycles. The zero-order chi connectivity index (χ0) is 12.4. The van der Waals surface area contributed by atoms with Crippen LogP contribution in [-0.2, 0) is 0 Å². The Morgan fingerprint density at radius 3 is 2.68 bits per heavy atom. The molecule has 5 rings (SSSR count). The fourth-order valence-corrected chi connectivity index (χ4v) is 6.81. The van der Waals surface area contributed by atoms with Crippen LogP contribution in [-0.4, -0.2) is 36.1 Å². The minimum absolute atomic E-state index is 0.840. The normalized spacial score (nSPS) is 55.9. The topological polar surface area (TPSA) is 15.3 Å². The zero-order valence-electron chi connectivity index (χ0n) is 12.1. The molecule has 2 bridgehead atoms. The van der Waals surface area contributed by atoms with Crippen molar-refractivity contribution in [2.45, 2.75) is 69.5 Å². The molecule has 2 nitrogen and oxygen atoms in total. The van der Waals surface area contributed by atoms with E-state index in [1.807, 2.05) is 0 Å². The number of nitrogens with zero attached hydrogens (tertiary/aromatic N) is 1. The molecule has 2 saturated heterocycles. The van der Waals surface area contributed by atoms with E-state index in [9.17, 15) is 0 Å². The van der Waals surface area contributed by atoms with Crippen molar-refractivity contribution in [1.29, 1.82) is 0 Å². The van der Waals surface area contributed by atoms with Crippen LogP contribution in [0.3, 0.4) is 0 Å². The molecule has 106 valence electrons. The van der Waals surface area contributed by atoms with E-state index in [2.05, 4.69) is 10.2 Å². The van der Waals surface area contributed by atoms with E-state index < -0.39 is 0 Å². The van der Waals surface area contributed by atoms with Crippen molar-refractivity contribution < 1.29 is 0 Å². The molecule has 7 unspecified atom stereocenters. The Bertz CT molecular complexity index is 368. The van der Waals surface area contributed by atoms with Crippen LogP contribution < -0.4 is 5.32 Å². The lowest BCUT2D eigenvalue weighted by Gasteiger charge is -2.35. The number of rotatable bonds is 2. The third kappa shape index (κ3) is 1.62. The quantitative estimate of drug-likeness (QED) is 0.821. The van der Waals surface area contributed by atoms with E-state index in [0.29, 0.717) is 0 Å². The second kappa shape index (κ2) is 4.21. The maximum Gasteiger partial charge on any atom is 0.0250 e. The Hall–Kier alpha value is -0.0800. The first-order chi connectivity index (χ1) is 9.40. The van der Waals surface area contributed by atoms with Gasteiger partial charge in [0.05, 0.1) is 0 Å². The first-order valence-electron chi connectivity index (χ1n) is 8.90. The summed E-state index contributed by atoms with van der Waals surface area (Å²) < 4.78 is 0. The predicted molar refractivity (Wildman–Crippen MR) is 77.0 cm³/mol. The van der Waals surface area contributed by atoms with Gasteiger partial charge in [-0.2, -0.15) is 0 Å². The summed E-state index contributed by atoms with van der Waals surface area (Å²) >= 11 is 0. The number of hydrogen-bond donors (Lipinski definition) is 1. The minimum atomic E-state index is 0.840. The molecule has 0 aromatic carbocycles. The molecule has 0 radical (unpaired) electrons. The largest absolute Gasteiger partial charge is 0.309 e. The van der Waals surface area contributed by atoms with Gasteiger partial charge in [0.2, 0.25) is 0 Å². The number of fused-ring (bicyclic) bond motifs is 6. The summed E-state index contributed by atoms with van der Waals surface area (Å²) in [4.78, 5) is 2.75. The highest BCUT2D eigenvalue weighted by Gasteiger charge is 2.54. The van der Waals surface area contributed by atoms with Crippen LogP contribution in [0.2, 0.25) is 0 Å². The van der Waals surface area contributed by atoms with Crippen molar-refractivity contribution >= 4 is 0 Å². The molecular formula is C17H28N2. The summed E-state index contributed by atoms with van der Waals surface area (Å²) in [6.45, 7) is 2.75. The molecule has 3 aliphatic carbocycles. The van der Waals surface area contributed by atoms with Crippen LogP contribution in [0.4, 0.5) is 0 Å². The molecule has 0 aromatic rings. The summed E-state index contributed by atoms with van der Waals surface area (Å²) in [7, 11) is 0. The summed E-state index contributed by atoms with van der Waals surface area (Å²) in [5.74, 6) is 4.44. The highest BCUT2D eigenvalue weighted by molar-refractivity contribution is 5.07. The third-order valence-electron chi connectivity index (χ3n) is 7.46. The van der Waals surface area contributed by atoms with Crippen molar-refractivity contribution in [1.82, 2.24) is 10.2 Å². The molecule has 2 heteroatoms. The van der Waals surface area contributed by atoms with E-state index in [1.54, 1.807) is 19.3 Å². The van der Waals surface area contributed by atoms with Gasteiger partial charge in [-0.25, -0.2) is 0 Å². The van der Waals surface area contributed by atoms with Gasteiger partial charge in [0.1, 0.15) is 0 Å². The lowest BCUT2D eigenvalue weighted by molar-refractivity contribution is 0.188. The standard InChI is InChI=1S/C17H28N2/c1-3-12-11-9-14(13(12)4-1)16(10-11)18-15-6-8-19-7-2-5-17(15)19/h11-18H,1-10H2. The Balaban J connectivity index is 1.28. The lowest BCUT2D eigenvalue weighted by atomic mass is 9.79. The summed E-state index contributed by atoms with van der Waals surface area (Å²) in [5.41, 5.74) is 0. The molecule has 5 aliphatic rings. The second-order valence-electron chi connectivity index (χ2n) is 8.07. The van der Waals surface area contributed by atoms with Gasteiger partial charge in [-0.3, -0.25) is 4.90 Å². The van der Waals surface area contributed by atoms with Crippen LogP contribution in [0.5, 0.6) is 0 Å². The molecule has 0 amide bonds. The molecular weight excluding hydrogens is 232 g/mol. The van der Waals surface area contributed by atoms with E-state index >= 15 is 0 Å². The van der Waals surface area contributed by atoms with Gasteiger partial charge in [0, 0.05) is 24.7 Å². The Labute approximate surface area is 117 Å². The van der Waals surface area contributed by atoms with Gasteiger partial charge < -0.3 is 5.32 Å². The Morgan fingerprint density at radius 2 is 1.68 bits per heavy atom. The first-order valence-corrected chi connectivity index (χ1v) is 8.90. The van der Waals surface area contributed by atoms with Crippen LogP contribution in [0, 0.1) is 23.7 Å². The van der Waals surface area contributed by atoms with Crippen molar-refractivity contribution in [3.05, 3.63) is 0 Å². The first kappa shape index (κ1) is 11.6. The highest BCUT2D eigenvalue weighted by Crippen LogP contribution is 2.58. The third-order valence-corrected chi connectivity index (χ3v) is 7.46. The van der Waals surface area contributed by atoms with Gasteiger partial charge >= 0.3 is 0 Å². The zero-order valence-corrected chi connectivity index (χ0v) is 12.1. The van der Waals surface area contributed by atoms with Crippen LogP contribution >= 0.6 is 0 Å². The van der Waals surface area contributed by atoms with Gasteiger partial charge in [0.15, 0.2) is 0 Å². The monoisotopic (exact) mass is 260 g/mol. The van der Waals surface area contributed by atoms with E-state index in [-0.39, 0.29) is 0 Å². The van der Waals surface area contributed by atoms with Crippen molar-refractivity contribution in [3.63, 3.8) is 0 Å². The van der Waals surface area contributed by atoms with Crippen LogP contribution in [0.25, 0.3) is 0 Å². The van der Waals surface area contributed by atoms with Gasteiger partial charge in [-0.15, -0.1) is 0 Å². The molecule has 7 atom stereocenters. The maximum atomic E-state index is 4.15. The molecule has 3 saturated carbocycles. The number of hydrogen-bond acceptors (Lipinski definition) is 2. The van der Waals surface area contributed by atoms with Gasteiger partial charge in [-0.05, 0) is 75.2 Å². The molecule has 5 fully saturated rings. The molecule has 0 aromatic heterocycles. The SMILES string of the molecule is C1CC2C3CC(NC4CCN5CCCC45)C(C3)C2C1. The van der Waals surface area contributed by atoms with Crippen LogP contribution in [0.1, 0.15) is 51.4 Å². The maximum absolute atomic E-state index is 4.15. The second-order valence-corrected chi connectivity index (χ2v) is 8.07. The Morgan fingerprint density at radius 1 is 0.737 bits per heavy atom. The fraction of sp³-hybridized carbons (Fsp3) is 1.00. The van der Waals surface area contributed by atoms with Crippen LogP contribution in [0.15, 0.2) is 0 Å². The fourth-order valence-electron chi connectivity index (χ4n) is 6.81. The number of nitrogens with one attached hydrogen (secondary N) is 1. The summed E-state index contributed by atoms with van der Waals surface area (Å²) in [6, 6.07) is 2.64. The van der Waals surface area contributed by atoms with Gasteiger partial charge in [0.25, 0.3) is 0 Å². The summed E-state index contributed by atoms with van der Waals surface area (Å²) in [5, 5.41) is 4.15. The lowest BCUT2D eigenvalue weighted by Crippen LogP contribution is -2.48. The predicted octanol–water partition coefficient (Wildman–Crippen LogP) is 2.64. The van der Waals surface area contributed by atoms with E-state index in [1.165, 1.54) is 45.2 Å². The minimum Gasteiger partial charge on any atom is -0.309 e.